The van der Waals surface area contributed by atoms with E-state index in [2.05, 4.69) is 4.98 Å². The Morgan fingerprint density at radius 2 is 2.09 bits per heavy atom. The van der Waals surface area contributed by atoms with E-state index in [0.29, 0.717) is 0 Å². The van der Waals surface area contributed by atoms with Crippen LogP contribution in [0.5, 0.6) is 0 Å². The Balaban J connectivity index is 2.92. The van der Waals surface area contributed by atoms with Crippen LogP contribution < -0.4 is 0 Å². The minimum absolute atomic E-state index is 0.280. The molecule has 0 aromatic carbocycles. The monoisotopic (exact) mass is 154 g/mol. The summed E-state index contributed by atoms with van der Waals surface area (Å²) in [6.07, 6.45) is 1.42. The van der Waals surface area contributed by atoms with Crippen LogP contribution in [0.15, 0.2) is 24.4 Å². The fourth-order valence-corrected chi connectivity index (χ4v) is 0.937. The highest BCUT2D eigenvalue weighted by Crippen LogP contribution is 2.07. The van der Waals surface area contributed by atoms with Crippen molar-refractivity contribution in [3.63, 3.8) is 0 Å². The van der Waals surface area contributed by atoms with E-state index in [4.69, 9.17) is 0 Å². The fraction of sp³-hybridized carbons (Fsp3) is 0. The lowest BCUT2D eigenvalue weighted by atomic mass is 10.5. The molecule has 0 bridgehead atoms. The Labute approximate surface area is 61.1 Å². The van der Waals surface area contributed by atoms with Crippen LogP contribution >= 0.6 is 0 Å². The second kappa shape index (κ2) is 2.02. The maximum Gasteiger partial charge on any atom is 0.269 e. The summed E-state index contributed by atoms with van der Waals surface area (Å²) in [5.74, 6) is -2.00. The van der Waals surface area contributed by atoms with Gasteiger partial charge < -0.3 is 0 Å². The van der Waals surface area contributed by atoms with Crippen LogP contribution in [-0.4, -0.2) is 9.38 Å². The first-order valence-corrected chi connectivity index (χ1v) is 3.07. The summed E-state index contributed by atoms with van der Waals surface area (Å²) < 4.78 is 26.2. The van der Waals surface area contributed by atoms with Crippen LogP contribution in [0, 0.1) is 11.9 Å². The molecule has 2 aromatic rings. The van der Waals surface area contributed by atoms with E-state index in [-0.39, 0.29) is 5.65 Å². The molecule has 2 heterocycles. The minimum Gasteiger partial charge on any atom is -0.274 e. The van der Waals surface area contributed by atoms with Crippen molar-refractivity contribution in [2.24, 2.45) is 0 Å². The molecule has 56 valence electrons. The van der Waals surface area contributed by atoms with Gasteiger partial charge in [-0.3, -0.25) is 4.40 Å². The van der Waals surface area contributed by atoms with E-state index in [1.807, 2.05) is 0 Å². The highest BCUT2D eigenvalue weighted by atomic mass is 19.2. The van der Waals surface area contributed by atoms with Crippen molar-refractivity contribution in [3.05, 3.63) is 36.3 Å². The number of nitrogens with zero attached hydrogens (tertiary/aromatic N) is 2. The highest BCUT2D eigenvalue weighted by molar-refractivity contribution is 5.37. The maximum absolute atomic E-state index is 12.7. The molecule has 2 nitrogen and oxygen atoms in total. The molecule has 0 unspecified atom stereocenters. The molecule has 4 heteroatoms. The Hall–Kier alpha value is -1.45. The van der Waals surface area contributed by atoms with Gasteiger partial charge in [0, 0.05) is 6.20 Å². The summed E-state index contributed by atoms with van der Waals surface area (Å²) in [5.41, 5.74) is 0.280. The molecule has 0 N–H and O–H groups in total. The Bertz CT molecular complexity index is 394. The zero-order valence-electron chi connectivity index (χ0n) is 5.46. The minimum atomic E-state index is -1.06. The molecule has 2 rings (SSSR count). The Kier molecular flexibility index (Phi) is 1.15. The normalized spacial score (nSPS) is 10.7. The lowest BCUT2D eigenvalue weighted by molar-refractivity contribution is 0.466. The molecule has 0 fully saturated rings. The van der Waals surface area contributed by atoms with Gasteiger partial charge in [-0.25, -0.2) is 0 Å². The third-order valence-electron chi connectivity index (χ3n) is 1.43. The van der Waals surface area contributed by atoms with Gasteiger partial charge in [0.15, 0.2) is 0 Å². The zero-order valence-corrected chi connectivity index (χ0v) is 5.46. The first-order valence-electron chi connectivity index (χ1n) is 3.07. The number of imidazole rings is 1. The van der Waals surface area contributed by atoms with E-state index >= 15 is 0 Å². The Morgan fingerprint density at radius 1 is 1.27 bits per heavy atom. The smallest absolute Gasteiger partial charge is 0.269 e. The first-order chi connectivity index (χ1) is 5.29. The average Bonchev–Trinajstić information content (AvgIpc) is 2.30. The molecule has 0 aliphatic heterocycles. The van der Waals surface area contributed by atoms with Crippen molar-refractivity contribution >= 4 is 5.65 Å². The van der Waals surface area contributed by atoms with Gasteiger partial charge in [0.25, 0.3) is 11.9 Å². The zero-order chi connectivity index (χ0) is 7.84. The largest absolute Gasteiger partial charge is 0.274 e. The number of halogens is 2. The summed E-state index contributed by atoms with van der Waals surface area (Å²) in [5, 5.41) is 0. The topological polar surface area (TPSA) is 17.3 Å². The third-order valence-corrected chi connectivity index (χ3v) is 1.43. The van der Waals surface area contributed by atoms with E-state index in [1.54, 1.807) is 12.1 Å². The van der Waals surface area contributed by atoms with Crippen LogP contribution in [-0.2, 0) is 0 Å². The molecule has 0 saturated carbocycles. The first kappa shape index (κ1) is 6.27. The Morgan fingerprint density at radius 3 is 2.82 bits per heavy atom. The number of aromatic nitrogens is 2. The van der Waals surface area contributed by atoms with Crippen molar-refractivity contribution in [1.29, 1.82) is 0 Å². The summed E-state index contributed by atoms with van der Waals surface area (Å²) >= 11 is 0. The molecule has 0 saturated heterocycles. The number of rotatable bonds is 0. The van der Waals surface area contributed by atoms with Crippen molar-refractivity contribution in [1.82, 2.24) is 9.38 Å². The second-order valence-corrected chi connectivity index (χ2v) is 2.12. The molecular weight excluding hydrogens is 150 g/mol. The molecule has 0 atom stereocenters. The van der Waals surface area contributed by atoms with Gasteiger partial charge in [-0.15, -0.1) is 0 Å². The van der Waals surface area contributed by atoms with Crippen molar-refractivity contribution < 1.29 is 8.78 Å². The van der Waals surface area contributed by atoms with E-state index in [9.17, 15) is 8.78 Å². The summed E-state index contributed by atoms with van der Waals surface area (Å²) in [6, 6.07) is 4.81. The van der Waals surface area contributed by atoms with Gasteiger partial charge in [-0.1, -0.05) is 6.07 Å². The standard InChI is InChI=1S/C7H4F2N2/c8-6-7(9)11-4-2-1-3-5(11)10-6/h1-4H. The van der Waals surface area contributed by atoms with Crippen LogP contribution in [0.2, 0.25) is 0 Å². The molecule has 0 spiro atoms. The van der Waals surface area contributed by atoms with Gasteiger partial charge in [-0.2, -0.15) is 13.8 Å². The lowest BCUT2D eigenvalue weighted by Crippen LogP contribution is -1.86. The van der Waals surface area contributed by atoms with E-state index in [0.717, 1.165) is 4.40 Å². The molecule has 2 aromatic heterocycles. The van der Waals surface area contributed by atoms with Crippen LogP contribution in [0.4, 0.5) is 8.78 Å². The second-order valence-electron chi connectivity index (χ2n) is 2.12. The van der Waals surface area contributed by atoms with Gasteiger partial charge >= 0.3 is 0 Å². The molecule has 0 aliphatic rings. The number of pyridine rings is 1. The highest BCUT2D eigenvalue weighted by Gasteiger charge is 2.08. The SMILES string of the molecule is Fc1nc2ccccn2c1F. The molecular formula is C7H4F2N2. The average molecular weight is 154 g/mol. The number of hydrogen-bond donors (Lipinski definition) is 0. The maximum atomic E-state index is 12.7. The van der Waals surface area contributed by atoms with Gasteiger partial charge in [0.2, 0.25) is 0 Å². The number of hydrogen-bond acceptors (Lipinski definition) is 1. The number of fused-ring (bicyclic) bond motifs is 1. The van der Waals surface area contributed by atoms with Gasteiger partial charge in [-0.05, 0) is 12.1 Å². The summed E-state index contributed by atoms with van der Waals surface area (Å²) in [6.45, 7) is 0. The van der Waals surface area contributed by atoms with E-state index < -0.39 is 11.9 Å². The summed E-state index contributed by atoms with van der Waals surface area (Å²) in [4.78, 5) is 3.33. The van der Waals surface area contributed by atoms with Crippen molar-refractivity contribution in [2.75, 3.05) is 0 Å². The summed E-state index contributed by atoms with van der Waals surface area (Å²) in [7, 11) is 0. The van der Waals surface area contributed by atoms with Crippen LogP contribution in [0.25, 0.3) is 5.65 Å². The fourth-order valence-electron chi connectivity index (χ4n) is 0.937. The molecule has 0 amide bonds. The van der Waals surface area contributed by atoms with Crippen LogP contribution in [0.3, 0.4) is 0 Å². The lowest BCUT2D eigenvalue weighted by Gasteiger charge is -1.88. The molecule has 0 radical (unpaired) electrons. The van der Waals surface area contributed by atoms with Crippen molar-refractivity contribution in [3.8, 4) is 0 Å². The van der Waals surface area contributed by atoms with Crippen molar-refractivity contribution in [2.45, 2.75) is 0 Å². The van der Waals surface area contributed by atoms with E-state index in [1.165, 1.54) is 12.3 Å². The quantitative estimate of drug-likeness (QED) is 0.563. The predicted molar refractivity (Wildman–Crippen MR) is 35.1 cm³/mol. The molecule has 11 heavy (non-hydrogen) atoms. The van der Waals surface area contributed by atoms with Gasteiger partial charge in [0.1, 0.15) is 5.65 Å². The molecule has 0 aliphatic carbocycles. The van der Waals surface area contributed by atoms with Gasteiger partial charge in [0.05, 0.1) is 0 Å². The predicted octanol–water partition coefficient (Wildman–Crippen LogP) is 1.61. The van der Waals surface area contributed by atoms with Crippen LogP contribution in [0.1, 0.15) is 0 Å². The third kappa shape index (κ3) is 0.790.